The zero-order valence-electron chi connectivity index (χ0n) is 21.3. The van der Waals surface area contributed by atoms with Gasteiger partial charge in [-0.2, -0.15) is 0 Å². The van der Waals surface area contributed by atoms with Crippen LogP contribution in [0.5, 0.6) is 0 Å². The molecule has 0 spiro atoms. The number of hydrogen-bond donors (Lipinski definition) is 3. The van der Waals surface area contributed by atoms with Crippen molar-refractivity contribution in [1.29, 1.82) is 0 Å². The van der Waals surface area contributed by atoms with Crippen LogP contribution >= 0.6 is 11.6 Å². The molecule has 1 aliphatic heterocycles. The van der Waals surface area contributed by atoms with Crippen molar-refractivity contribution < 1.29 is 19.0 Å². The van der Waals surface area contributed by atoms with Gasteiger partial charge in [0.25, 0.3) is 0 Å². The number of carbonyl (C=O) groups excluding carboxylic acids is 1. The van der Waals surface area contributed by atoms with Crippen molar-refractivity contribution in [3.05, 3.63) is 34.6 Å². The van der Waals surface area contributed by atoms with E-state index >= 15 is 0 Å². The lowest BCUT2D eigenvalue weighted by Gasteiger charge is -2.43. The first kappa shape index (κ1) is 28.2. The highest BCUT2D eigenvalue weighted by Crippen LogP contribution is 2.43. The molecule has 2 fully saturated rings. The smallest absolute Gasteiger partial charge is 0.317 e. The second-order valence-corrected chi connectivity index (χ2v) is 10.7. The van der Waals surface area contributed by atoms with Crippen LogP contribution in [0.4, 0.5) is 9.18 Å². The Morgan fingerprint density at radius 3 is 2.77 bits per heavy atom. The zero-order valence-corrected chi connectivity index (χ0v) is 22.1. The molecule has 8 heteroatoms. The molecule has 3 N–H and O–H groups in total. The summed E-state index contributed by atoms with van der Waals surface area (Å²) in [7, 11) is 3.57. The molecule has 3 atom stereocenters. The van der Waals surface area contributed by atoms with E-state index in [2.05, 4.69) is 10.6 Å². The summed E-state index contributed by atoms with van der Waals surface area (Å²) < 4.78 is 19.5. The Hall–Kier alpha value is -1.41. The summed E-state index contributed by atoms with van der Waals surface area (Å²) in [6.07, 6.45) is 9.51. The maximum Gasteiger partial charge on any atom is 0.317 e. The average molecular weight is 512 g/mol. The van der Waals surface area contributed by atoms with Crippen LogP contribution < -0.4 is 10.6 Å². The number of nitrogens with zero attached hydrogens (tertiary/aromatic N) is 1. The van der Waals surface area contributed by atoms with E-state index in [9.17, 15) is 14.3 Å². The molecule has 35 heavy (non-hydrogen) atoms. The van der Waals surface area contributed by atoms with Crippen LogP contribution in [0.15, 0.2) is 18.2 Å². The first-order chi connectivity index (χ1) is 16.9. The fraction of sp³-hybridized carbons (Fsp3) is 0.741. The number of amides is 2. The van der Waals surface area contributed by atoms with Crippen molar-refractivity contribution in [2.75, 3.05) is 40.4 Å². The Morgan fingerprint density at radius 1 is 1.29 bits per heavy atom. The number of likely N-dealkylation sites (N-methyl/N-ethyl adjacent to an activating group) is 1. The van der Waals surface area contributed by atoms with Gasteiger partial charge in [-0.15, -0.1) is 0 Å². The minimum atomic E-state index is -1.32. The minimum absolute atomic E-state index is 0.0334. The van der Waals surface area contributed by atoms with Crippen LogP contribution in [0.25, 0.3) is 0 Å². The van der Waals surface area contributed by atoms with Gasteiger partial charge < -0.3 is 25.4 Å². The van der Waals surface area contributed by atoms with Gasteiger partial charge in [-0.1, -0.05) is 49.4 Å². The number of urea groups is 1. The van der Waals surface area contributed by atoms with Gasteiger partial charge in [0.05, 0.1) is 10.6 Å². The Kier molecular flexibility index (Phi) is 11.1. The fourth-order valence-electron chi connectivity index (χ4n) is 5.94. The number of rotatable bonds is 12. The molecule has 1 aliphatic carbocycles. The maximum absolute atomic E-state index is 14.4. The normalized spacial score (nSPS) is 21.6. The number of hydrogen-bond acceptors (Lipinski definition) is 4. The van der Waals surface area contributed by atoms with Crippen LogP contribution in [-0.2, 0) is 10.3 Å². The molecular weight excluding hydrogens is 469 g/mol. The van der Waals surface area contributed by atoms with Gasteiger partial charge in [0.15, 0.2) is 0 Å². The molecule has 2 unspecified atom stereocenters. The van der Waals surface area contributed by atoms with E-state index in [1.165, 1.54) is 31.7 Å². The Morgan fingerprint density at radius 2 is 2.06 bits per heavy atom. The SMILES string of the molecule is CNCC(CC1CCCC1)NC(=O)N1CCCC([C@@](O)(CCCCOC)c2cccc(F)c2Cl)C1. The van der Waals surface area contributed by atoms with E-state index < -0.39 is 11.4 Å². The summed E-state index contributed by atoms with van der Waals surface area (Å²) in [5, 5.41) is 18.4. The first-order valence-electron chi connectivity index (χ1n) is 13.2. The van der Waals surface area contributed by atoms with E-state index in [-0.39, 0.29) is 23.0 Å². The number of halogens is 2. The lowest BCUT2D eigenvalue weighted by Crippen LogP contribution is -2.54. The third-order valence-corrected chi connectivity index (χ3v) is 8.21. The van der Waals surface area contributed by atoms with E-state index in [0.717, 1.165) is 32.2 Å². The first-order valence-corrected chi connectivity index (χ1v) is 13.6. The van der Waals surface area contributed by atoms with Crippen molar-refractivity contribution in [1.82, 2.24) is 15.5 Å². The molecule has 2 amide bonds. The Bertz CT molecular complexity index is 808. The highest BCUT2D eigenvalue weighted by Gasteiger charge is 2.43. The highest BCUT2D eigenvalue weighted by molar-refractivity contribution is 6.31. The summed E-state index contributed by atoms with van der Waals surface area (Å²) in [6, 6.07) is 4.62. The molecule has 1 heterocycles. The van der Waals surface area contributed by atoms with Crippen molar-refractivity contribution in [3.8, 4) is 0 Å². The van der Waals surface area contributed by atoms with E-state index in [1.807, 2.05) is 11.9 Å². The van der Waals surface area contributed by atoms with Crippen LogP contribution in [-0.4, -0.2) is 62.5 Å². The van der Waals surface area contributed by atoms with Gasteiger partial charge in [0.2, 0.25) is 0 Å². The highest BCUT2D eigenvalue weighted by atomic mass is 35.5. The standard InChI is InChI=1S/C27H43ClFN3O3/c1-30-18-22(17-20-9-3-4-10-20)31-26(33)32-15-8-11-21(19-32)27(34,14-5-6-16-35-2)23-12-7-13-24(29)25(23)28/h7,12-13,20-22,30,34H,3-6,8-11,14-19H2,1-2H3,(H,31,33)/t21?,22?,27-/m0/s1. The second kappa shape index (κ2) is 13.8. The number of benzene rings is 1. The van der Waals surface area contributed by atoms with Gasteiger partial charge in [-0.3, -0.25) is 0 Å². The average Bonchev–Trinajstić information content (AvgIpc) is 3.36. The molecule has 1 aromatic rings. The Balaban J connectivity index is 1.73. The predicted molar refractivity (Wildman–Crippen MR) is 138 cm³/mol. The molecule has 0 radical (unpaired) electrons. The quantitative estimate of drug-likeness (QED) is 0.342. The second-order valence-electron chi connectivity index (χ2n) is 10.4. The monoisotopic (exact) mass is 511 g/mol. The number of ether oxygens (including phenoxy) is 1. The topological polar surface area (TPSA) is 73.8 Å². The maximum atomic E-state index is 14.4. The molecule has 1 saturated carbocycles. The molecule has 198 valence electrons. The van der Waals surface area contributed by atoms with Crippen LogP contribution in [0.2, 0.25) is 5.02 Å². The molecule has 0 aromatic heterocycles. The van der Waals surface area contributed by atoms with Crippen molar-refractivity contribution in [2.24, 2.45) is 11.8 Å². The summed E-state index contributed by atoms with van der Waals surface area (Å²) in [6.45, 7) is 2.39. The van der Waals surface area contributed by atoms with E-state index in [4.69, 9.17) is 16.3 Å². The van der Waals surface area contributed by atoms with E-state index in [1.54, 1.807) is 19.2 Å². The number of piperidine rings is 1. The zero-order chi connectivity index (χ0) is 25.3. The van der Waals surface area contributed by atoms with Crippen LogP contribution in [0.3, 0.4) is 0 Å². The number of likely N-dealkylation sites (tertiary alicyclic amines) is 1. The van der Waals surface area contributed by atoms with Crippen LogP contribution in [0.1, 0.15) is 69.8 Å². The number of unbranched alkanes of at least 4 members (excludes halogenated alkanes) is 1. The number of carbonyl (C=O) groups is 1. The van der Waals surface area contributed by atoms with Crippen LogP contribution in [0, 0.1) is 17.7 Å². The summed E-state index contributed by atoms with van der Waals surface area (Å²) in [5.41, 5.74) is -0.904. The predicted octanol–water partition coefficient (Wildman–Crippen LogP) is 5.07. The molecular formula is C27H43ClFN3O3. The molecule has 6 nitrogen and oxygen atoms in total. The number of nitrogens with one attached hydrogen (secondary N) is 2. The number of methoxy groups -OCH3 is 1. The minimum Gasteiger partial charge on any atom is -0.385 e. The van der Waals surface area contributed by atoms with Gasteiger partial charge in [0, 0.05) is 50.9 Å². The fourth-order valence-corrected chi connectivity index (χ4v) is 6.23. The van der Waals surface area contributed by atoms with Crippen molar-refractivity contribution in [2.45, 2.75) is 75.9 Å². The molecule has 2 aliphatic rings. The van der Waals surface area contributed by atoms with Gasteiger partial charge in [-0.25, -0.2) is 9.18 Å². The summed E-state index contributed by atoms with van der Waals surface area (Å²) >= 11 is 6.36. The van der Waals surface area contributed by atoms with Gasteiger partial charge >= 0.3 is 6.03 Å². The van der Waals surface area contributed by atoms with Gasteiger partial charge in [-0.05, 0) is 57.6 Å². The van der Waals surface area contributed by atoms with Crippen molar-refractivity contribution >= 4 is 17.6 Å². The largest absolute Gasteiger partial charge is 0.385 e. The Labute approximate surface area is 214 Å². The van der Waals surface area contributed by atoms with Crippen molar-refractivity contribution in [3.63, 3.8) is 0 Å². The molecule has 0 bridgehead atoms. The third-order valence-electron chi connectivity index (χ3n) is 7.83. The lowest BCUT2D eigenvalue weighted by molar-refractivity contribution is -0.0565. The lowest BCUT2D eigenvalue weighted by atomic mass is 9.74. The summed E-state index contributed by atoms with van der Waals surface area (Å²) in [4.78, 5) is 15.1. The van der Waals surface area contributed by atoms with E-state index in [0.29, 0.717) is 44.0 Å². The van der Waals surface area contributed by atoms with Gasteiger partial charge in [0.1, 0.15) is 5.82 Å². The number of aliphatic hydroxyl groups is 1. The summed E-state index contributed by atoms with van der Waals surface area (Å²) in [5.74, 6) is -0.0943. The molecule has 1 saturated heterocycles. The third kappa shape index (κ3) is 7.54. The molecule has 1 aromatic carbocycles. The molecule has 3 rings (SSSR count).